The van der Waals surface area contributed by atoms with Crippen LogP contribution in [0.15, 0.2) is 12.4 Å². The summed E-state index contributed by atoms with van der Waals surface area (Å²) in [7, 11) is 0. The Morgan fingerprint density at radius 3 is 3.07 bits per heavy atom. The molecule has 3 N–H and O–H groups in total. The summed E-state index contributed by atoms with van der Waals surface area (Å²) in [5.74, 6) is 0.942. The third kappa shape index (κ3) is 2.92. The minimum absolute atomic E-state index is 0.179. The normalized spacial score (nSPS) is 17.1. The van der Waals surface area contributed by atoms with Crippen molar-refractivity contribution in [2.75, 3.05) is 0 Å². The average Bonchev–Trinajstić information content (AvgIpc) is 2.86. The second-order valence-electron chi connectivity index (χ2n) is 3.83. The van der Waals surface area contributed by atoms with Crippen LogP contribution in [0.2, 0.25) is 0 Å². The van der Waals surface area contributed by atoms with E-state index in [0.29, 0.717) is 6.04 Å². The highest BCUT2D eigenvalue weighted by molar-refractivity contribution is 7.80. The van der Waals surface area contributed by atoms with Crippen molar-refractivity contribution in [1.82, 2.24) is 20.6 Å². The Labute approximate surface area is 94.9 Å². The summed E-state index contributed by atoms with van der Waals surface area (Å²) < 4.78 is 0. The van der Waals surface area contributed by atoms with Crippen molar-refractivity contribution in [2.45, 2.75) is 38.3 Å². The van der Waals surface area contributed by atoms with E-state index in [0.717, 1.165) is 17.4 Å². The summed E-state index contributed by atoms with van der Waals surface area (Å²) in [6, 6.07) is 0.776. The largest absolute Gasteiger partial charge is 0.360 e. The van der Waals surface area contributed by atoms with Crippen molar-refractivity contribution in [1.29, 1.82) is 0 Å². The lowest BCUT2D eigenvalue weighted by atomic mass is 10.2. The molecule has 1 aromatic heterocycles. The maximum absolute atomic E-state index is 5.22. The molecule has 0 radical (unpaired) electrons. The molecule has 0 amide bonds. The minimum atomic E-state index is 0.179. The smallest absolute Gasteiger partial charge is 0.167 e. The molecule has 2 rings (SSSR count). The zero-order valence-corrected chi connectivity index (χ0v) is 9.60. The van der Waals surface area contributed by atoms with E-state index in [1.54, 1.807) is 6.20 Å². The molecular formula is C10H16N4S. The Morgan fingerprint density at radius 1 is 1.73 bits per heavy atom. The highest BCUT2D eigenvalue weighted by Gasteiger charge is 2.22. The van der Waals surface area contributed by atoms with Crippen LogP contribution in [0.4, 0.5) is 0 Å². The fourth-order valence-corrected chi connectivity index (χ4v) is 1.75. The van der Waals surface area contributed by atoms with Crippen LogP contribution in [0.1, 0.15) is 38.1 Å². The molecule has 0 aromatic carbocycles. The van der Waals surface area contributed by atoms with Crippen LogP contribution in [-0.4, -0.2) is 21.1 Å². The third-order valence-electron chi connectivity index (χ3n) is 2.48. The number of thiocarbonyl (C=S) groups is 1. The Hall–Kier alpha value is -1.10. The molecule has 15 heavy (non-hydrogen) atoms. The van der Waals surface area contributed by atoms with Gasteiger partial charge in [0.25, 0.3) is 0 Å². The van der Waals surface area contributed by atoms with Gasteiger partial charge in [-0.25, -0.2) is 4.98 Å². The van der Waals surface area contributed by atoms with Crippen molar-refractivity contribution < 1.29 is 0 Å². The van der Waals surface area contributed by atoms with Crippen molar-refractivity contribution in [3.63, 3.8) is 0 Å². The molecule has 1 unspecified atom stereocenters. The molecule has 0 aliphatic heterocycles. The number of imidazole rings is 1. The van der Waals surface area contributed by atoms with Gasteiger partial charge in [-0.05, 0) is 31.5 Å². The molecule has 1 aliphatic rings. The van der Waals surface area contributed by atoms with Gasteiger partial charge in [0.15, 0.2) is 5.11 Å². The van der Waals surface area contributed by atoms with Crippen LogP contribution in [0.25, 0.3) is 0 Å². The van der Waals surface area contributed by atoms with E-state index in [-0.39, 0.29) is 6.04 Å². The lowest BCUT2D eigenvalue weighted by Crippen LogP contribution is -2.39. The van der Waals surface area contributed by atoms with Crippen LogP contribution in [0.5, 0.6) is 0 Å². The van der Waals surface area contributed by atoms with Gasteiger partial charge in [-0.1, -0.05) is 6.92 Å². The molecule has 1 fully saturated rings. The molecule has 82 valence electrons. The van der Waals surface area contributed by atoms with Gasteiger partial charge in [-0.15, -0.1) is 0 Å². The van der Waals surface area contributed by atoms with Crippen LogP contribution in [0.3, 0.4) is 0 Å². The van der Waals surface area contributed by atoms with E-state index in [2.05, 4.69) is 27.5 Å². The number of hydrogen-bond acceptors (Lipinski definition) is 2. The molecule has 1 saturated carbocycles. The Balaban J connectivity index is 1.87. The number of aromatic nitrogens is 2. The molecule has 1 aliphatic carbocycles. The standard InChI is InChI=1S/C10H16N4S/c1-2-8(9-11-5-6-12-9)14-10(15)13-7-3-4-7/h5-8H,2-4H2,1H3,(H,11,12)(H2,13,14,15). The quantitative estimate of drug-likeness (QED) is 0.678. The van der Waals surface area contributed by atoms with Crippen LogP contribution in [0, 0.1) is 0 Å². The molecule has 1 heterocycles. The number of aromatic amines is 1. The predicted molar refractivity (Wildman–Crippen MR) is 63.5 cm³/mol. The highest BCUT2D eigenvalue weighted by Crippen LogP contribution is 2.19. The van der Waals surface area contributed by atoms with Crippen LogP contribution < -0.4 is 10.6 Å². The summed E-state index contributed by atoms with van der Waals surface area (Å²) in [6.07, 6.45) is 7.02. The van der Waals surface area contributed by atoms with Gasteiger partial charge in [-0.2, -0.15) is 0 Å². The van der Waals surface area contributed by atoms with Gasteiger partial charge in [0.1, 0.15) is 5.82 Å². The Bertz CT molecular complexity index is 318. The maximum Gasteiger partial charge on any atom is 0.167 e. The molecule has 1 atom stereocenters. The number of H-pyrrole nitrogens is 1. The summed E-state index contributed by atoms with van der Waals surface area (Å²) in [5, 5.41) is 7.26. The van der Waals surface area contributed by atoms with E-state index in [4.69, 9.17) is 12.2 Å². The fourth-order valence-electron chi connectivity index (χ4n) is 1.44. The van der Waals surface area contributed by atoms with Crippen molar-refractivity contribution >= 4 is 17.3 Å². The fraction of sp³-hybridized carbons (Fsp3) is 0.600. The van der Waals surface area contributed by atoms with Gasteiger partial charge < -0.3 is 15.6 Å². The maximum atomic E-state index is 5.22. The van der Waals surface area contributed by atoms with E-state index in [1.165, 1.54) is 12.8 Å². The first-order chi connectivity index (χ1) is 7.29. The number of nitrogens with zero attached hydrogens (tertiary/aromatic N) is 1. The molecule has 0 bridgehead atoms. The topological polar surface area (TPSA) is 52.7 Å². The molecule has 1 aromatic rings. The van der Waals surface area contributed by atoms with Crippen molar-refractivity contribution in [3.8, 4) is 0 Å². The molecular weight excluding hydrogens is 208 g/mol. The van der Waals surface area contributed by atoms with E-state index >= 15 is 0 Å². The zero-order chi connectivity index (χ0) is 10.7. The van der Waals surface area contributed by atoms with Gasteiger partial charge in [0, 0.05) is 18.4 Å². The molecule has 4 nitrogen and oxygen atoms in total. The van der Waals surface area contributed by atoms with Crippen LogP contribution in [-0.2, 0) is 0 Å². The second-order valence-corrected chi connectivity index (χ2v) is 4.24. The predicted octanol–water partition coefficient (Wildman–Crippen LogP) is 1.49. The molecule has 0 saturated heterocycles. The Kier molecular flexibility index (Phi) is 3.20. The van der Waals surface area contributed by atoms with Crippen molar-refractivity contribution in [2.24, 2.45) is 0 Å². The number of nitrogens with one attached hydrogen (secondary N) is 3. The summed E-state index contributed by atoms with van der Waals surface area (Å²) >= 11 is 5.22. The lowest BCUT2D eigenvalue weighted by Gasteiger charge is -2.17. The van der Waals surface area contributed by atoms with E-state index < -0.39 is 0 Å². The van der Waals surface area contributed by atoms with E-state index in [9.17, 15) is 0 Å². The van der Waals surface area contributed by atoms with Crippen molar-refractivity contribution in [3.05, 3.63) is 18.2 Å². The summed E-state index contributed by atoms with van der Waals surface area (Å²) in [4.78, 5) is 7.33. The summed E-state index contributed by atoms with van der Waals surface area (Å²) in [5.41, 5.74) is 0. The first-order valence-corrected chi connectivity index (χ1v) is 5.76. The highest BCUT2D eigenvalue weighted by atomic mass is 32.1. The number of rotatable bonds is 4. The molecule has 0 spiro atoms. The SMILES string of the molecule is CCC(NC(=S)NC1CC1)c1ncc[nH]1. The first kappa shape index (κ1) is 10.4. The summed E-state index contributed by atoms with van der Waals surface area (Å²) in [6.45, 7) is 2.11. The average molecular weight is 224 g/mol. The zero-order valence-electron chi connectivity index (χ0n) is 8.79. The van der Waals surface area contributed by atoms with Gasteiger partial charge in [0.2, 0.25) is 0 Å². The van der Waals surface area contributed by atoms with E-state index in [1.807, 2.05) is 6.20 Å². The third-order valence-corrected chi connectivity index (χ3v) is 2.71. The van der Waals surface area contributed by atoms with Gasteiger partial charge >= 0.3 is 0 Å². The molecule has 5 heteroatoms. The van der Waals surface area contributed by atoms with Crippen LogP contribution >= 0.6 is 12.2 Å². The number of hydrogen-bond donors (Lipinski definition) is 3. The minimum Gasteiger partial charge on any atom is -0.360 e. The second kappa shape index (κ2) is 4.61. The van der Waals surface area contributed by atoms with Gasteiger partial charge in [0.05, 0.1) is 6.04 Å². The monoisotopic (exact) mass is 224 g/mol. The first-order valence-electron chi connectivity index (χ1n) is 5.36. The lowest BCUT2D eigenvalue weighted by molar-refractivity contribution is 0.585. The van der Waals surface area contributed by atoms with Gasteiger partial charge in [-0.3, -0.25) is 0 Å². The Morgan fingerprint density at radius 2 is 2.53 bits per heavy atom.